The van der Waals surface area contributed by atoms with Gasteiger partial charge in [-0.3, -0.25) is 4.79 Å². The predicted octanol–water partition coefficient (Wildman–Crippen LogP) is 3.02. The molecule has 15 heavy (non-hydrogen) atoms. The summed E-state index contributed by atoms with van der Waals surface area (Å²) in [4.78, 5) is 10.9. The molecule has 1 aromatic rings. The standard InChI is InChI=1S/C10H9F2IO2/c1-6(14)4-7-5-8(15-10(11)12)2-3-9(7)13/h2-3,5,10H,4H2,1H3. The zero-order valence-corrected chi connectivity index (χ0v) is 10.1. The van der Waals surface area contributed by atoms with Crippen molar-refractivity contribution in [1.29, 1.82) is 0 Å². The maximum atomic E-state index is 11.9. The van der Waals surface area contributed by atoms with Crippen LogP contribution in [0.2, 0.25) is 0 Å². The van der Waals surface area contributed by atoms with Gasteiger partial charge in [-0.05, 0) is 53.3 Å². The summed E-state index contributed by atoms with van der Waals surface area (Å²) >= 11 is 2.05. The van der Waals surface area contributed by atoms with Crippen molar-refractivity contribution in [2.75, 3.05) is 0 Å². The lowest BCUT2D eigenvalue weighted by molar-refractivity contribution is -0.116. The van der Waals surface area contributed by atoms with E-state index in [0.29, 0.717) is 5.56 Å². The van der Waals surface area contributed by atoms with Gasteiger partial charge in [0.1, 0.15) is 11.5 Å². The normalized spacial score (nSPS) is 10.5. The molecule has 0 radical (unpaired) electrons. The second kappa shape index (κ2) is 5.39. The van der Waals surface area contributed by atoms with Gasteiger partial charge in [-0.1, -0.05) is 0 Å². The van der Waals surface area contributed by atoms with Gasteiger partial charge in [0.15, 0.2) is 0 Å². The highest BCUT2D eigenvalue weighted by molar-refractivity contribution is 14.1. The van der Waals surface area contributed by atoms with Gasteiger partial charge >= 0.3 is 6.61 Å². The molecule has 2 nitrogen and oxygen atoms in total. The summed E-state index contributed by atoms with van der Waals surface area (Å²) in [6, 6.07) is 4.57. The number of ether oxygens (including phenoxy) is 1. The smallest absolute Gasteiger partial charge is 0.387 e. The highest BCUT2D eigenvalue weighted by Gasteiger charge is 2.08. The van der Waals surface area contributed by atoms with Gasteiger partial charge in [0.2, 0.25) is 0 Å². The highest BCUT2D eigenvalue weighted by Crippen LogP contribution is 2.21. The third-order valence-corrected chi connectivity index (χ3v) is 2.73. The minimum atomic E-state index is -2.84. The number of Topliss-reactive ketones (excluding diaryl/α,β-unsaturated/α-hetero) is 1. The fraction of sp³-hybridized carbons (Fsp3) is 0.300. The molecule has 0 aliphatic rings. The van der Waals surface area contributed by atoms with E-state index in [0.717, 1.165) is 3.57 Å². The van der Waals surface area contributed by atoms with Gasteiger partial charge in [-0.15, -0.1) is 0 Å². The van der Waals surface area contributed by atoms with Crippen molar-refractivity contribution >= 4 is 28.4 Å². The van der Waals surface area contributed by atoms with E-state index in [2.05, 4.69) is 4.74 Å². The number of carbonyl (C=O) groups excluding carboxylic acids is 1. The molecule has 0 aliphatic heterocycles. The van der Waals surface area contributed by atoms with E-state index in [9.17, 15) is 13.6 Å². The first kappa shape index (κ1) is 12.4. The van der Waals surface area contributed by atoms with Crippen molar-refractivity contribution in [3.8, 4) is 5.75 Å². The number of ketones is 1. The van der Waals surface area contributed by atoms with E-state index in [1.54, 1.807) is 6.07 Å². The quantitative estimate of drug-likeness (QED) is 0.795. The lowest BCUT2D eigenvalue weighted by atomic mass is 10.1. The van der Waals surface area contributed by atoms with Gasteiger partial charge in [-0.25, -0.2) is 0 Å². The monoisotopic (exact) mass is 326 g/mol. The second-order valence-electron chi connectivity index (χ2n) is 3.01. The molecule has 0 N–H and O–H groups in total. The Morgan fingerprint density at radius 2 is 2.20 bits per heavy atom. The largest absolute Gasteiger partial charge is 0.435 e. The third-order valence-electron chi connectivity index (χ3n) is 1.68. The number of alkyl halides is 2. The molecule has 0 saturated carbocycles. The van der Waals surface area contributed by atoms with Crippen LogP contribution in [0.25, 0.3) is 0 Å². The van der Waals surface area contributed by atoms with Crippen molar-refractivity contribution in [3.05, 3.63) is 27.3 Å². The lowest BCUT2D eigenvalue weighted by Crippen LogP contribution is -2.04. The SMILES string of the molecule is CC(=O)Cc1cc(OC(F)F)ccc1I. The molecule has 0 atom stereocenters. The van der Waals surface area contributed by atoms with Crippen LogP contribution in [0.1, 0.15) is 12.5 Å². The molecular formula is C10H9F2IO2. The van der Waals surface area contributed by atoms with Crippen LogP contribution < -0.4 is 4.74 Å². The first-order chi connectivity index (χ1) is 6.99. The Balaban J connectivity index is 2.89. The van der Waals surface area contributed by atoms with E-state index in [1.165, 1.54) is 19.1 Å². The van der Waals surface area contributed by atoms with Crippen molar-refractivity contribution in [2.24, 2.45) is 0 Å². The van der Waals surface area contributed by atoms with Gasteiger partial charge < -0.3 is 4.74 Å². The molecule has 0 heterocycles. The average molecular weight is 326 g/mol. The molecular weight excluding hydrogens is 317 g/mol. The van der Waals surface area contributed by atoms with Crippen molar-refractivity contribution < 1.29 is 18.3 Å². The molecule has 82 valence electrons. The zero-order chi connectivity index (χ0) is 11.4. The van der Waals surface area contributed by atoms with Crippen LogP contribution in [0, 0.1) is 3.57 Å². The van der Waals surface area contributed by atoms with Crippen LogP contribution in [0.3, 0.4) is 0 Å². The number of hydrogen-bond acceptors (Lipinski definition) is 2. The van der Waals surface area contributed by atoms with Crippen molar-refractivity contribution in [1.82, 2.24) is 0 Å². The molecule has 0 saturated heterocycles. The Hall–Kier alpha value is -0.720. The van der Waals surface area contributed by atoms with E-state index >= 15 is 0 Å². The van der Waals surface area contributed by atoms with Crippen LogP contribution in [0.15, 0.2) is 18.2 Å². The second-order valence-corrected chi connectivity index (χ2v) is 4.17. The first-order valence-electron chi connectivity index (χ1n) is 4.21. The molecule has 5 heteroatoms. The summed E-state index contributed by atoms with van der Waals surface area (Å²) in [6.07, 6.45) is 0.235. The number of halogens is 3. The predicted molar refractivity (Wildman–Crippen MR) is 60.2 cm³/mol. The highest BCUT2D eigenvalue weighted by atomic mass is 127. The van der Waals surface area contributed by atoms with Gasteiger partial charge in [0.05, 0.1) is 0 Å². The van der Waals surface area contributed by atoms with Crippen LogP contribution in [0.5, 0.6) is 5.75 Å². The number of hydrogen-bond donors (Lipinski definition) is 0. The summed E-state index contributed by atoms with van der Waals surface area (Å²) in [7, 11) is 0. The minimum Gasteiger partial charge on any atom is -0.435 e. The summed E-state index contributed by atoms with van der Waals surface area (Å²) in [5.41, 5.74) is 0.709. The fourth-order valence-corrected chi connectivity index (χ4v) is 1.66. The maximum absolute atomic E-state index is 11.9. The molecule has 0 fully saturated rings. The topological polar surface area (TPSA) is 26.3 Å². The van der Waals surface area contributed by atoms with E-state index in [-0.39, 0.29) is 18.0 Å². The summed E-state index contributed by atoms with van der Waals surface area (Å²) in [5.74, 6) is 0.0729. The van der Waals surface area contributed by atoms with Gasteiger partial charge in [-0.2, -0.15) is 8.78 Å². The van der Waals surface area contributed by atoms with Crippen molar-refractivity contribution in [3.63, 3.8) is 0 Å². The first-order valence-corrected chi connectivity index (χ1v) is 5.29. The van der Waals surface area contributed by atoms with Gasteiger partial charge in [0, 0.05) is 9.99 Å². The Bertz CT molecular complexity index is 366. The number of carbonyl (C=O) groups is 1. The maximum Gasteiger partial charge on any atom is 0.387 e. The van der Waals surface area contributed by atoms with Gasteiger partial charge in [0.25, 0.3) is 0 Å². The van der Waals surface area contributed by atoms with Crippen molar-refractivity contribution in [2.45, 2.75) is 20.0 Å². The average Bonchev–Trinajstić information content (AvgIpc) is 2.09. The summed E-state index contributed by atoms with van der Waals surface area (Å²) in [5, 5.41) is 0. The molecule has 0 unspecified atom stereocenters. The molecule has 0 bridgehead atoms. The fourth-order valence-electron chi connectivity index (χ4n) is 1.13. The van der Waals surface area contributed by atoms with E-state index in [4.69, 9.17) is 0 Å². The van der Waals surface area contributed by atoms with E-state index in [1.807, 2.05) is 22.6 Å². The number of benzene rings is 1. The van der Waals surface area contributed by atoms with Crippen LogP contribution >= 0.6 is 22.6 Å². The summed E-state index contributed by atoms with van der Waals surface area (Å²) < 4.78 is 29.0. The van der Waals surface area contributed by atoms with Crippen LogP contribution in [0.4, 0.5) is 8.78 Å². The molecule has 1 aromatic carbocycles. The zero-order valence-electron chi connectivity index (χ0n) is 7.97. The Morgan fingerprint density at radius 1 is 1.53 bits per heavy atom. The van der Waals surface area contributed by atoms with Crippen LogP contribution in [-0.2, 0) is 11.2 Å². The summed E-state index contributed by atoms with van der Waals surface area (Å²) in [6.45, 7) is -1.38. The molecule has 0 amide bonds. The molecule has 1 rings (SSSR count). The lowest BCUT2D eigenvalue weighted by Gasteiger charge is -2.07. The minimum absolute atomic E-state index is 0.0119. The molecule has 0 spiro atoms. The third kappa shape index (κ3) is 4.11. The van der Waals surface area contributed by atoms with E-state index < -0.39 is 6.61 Å². The Morgan fingerprint density at radius 3 is 2.73 bits per heavy atom. The Labute approximate surface area is 99.8 Å². The number of rotatable bonds is 4. The molecule has 0 aromatic heterocycles. The van der Waals surface area contributed by atoms with Crippen LogP contribution in [-0.4, -0.2) is 12.4 Å². The Kier molecular flexibility index (Phi) is 4.44. The molecule has 0 aliphatic carbocycles.